The van der Waals surface area contributed by atoms with Crippen LogP contribution in [0.1, 0.15) is 32.4 Å². The van der Waals surface area contributed by atoms with Crippen LogP contribution in [-0.4, -0.2) is 26.4 Å². The lowest BCUT2D eigenvalue weighted by molar-refractivity contribution is -0.119. The van der Waals surface area contributed by atoms with Crippen molar-refractivity contribution in [3.05, 3.63) is 54.0 Å². The van der Waals surface area contributed by atoms with Crippen LogP contribution in [0.25, 0.3) is 11.6 Å². The van der Waals surface area contributed by atoms with Gasteiger partial charge in [0.1, 0.15) is 5.82 Å². The van der Waals surface area contributed by atoms with Crippen molar-refractivity contribution in [3.63, 3.8) is 0 Å². The first-order valence-electron chi connectivity index (χ1n) is 9.08. The number of hydrogen-bond acceptors (Lipinski definition) is 5. The molecule has 8 heteroatoms. The van der Waals surface area contributed by atoms with E-state index in [9.17, 15) is 9.18 Å². The maximum atomic E-state index is 13.0. The lowest BCUT2D eigenvalue weighted by Gasteiger charge is -2.15. The van der Waals surface area contributed by atoms with Crippen molar-refractivity contribution in [1.82, 2.24) is 20.1 Å². The fraction of sp³-hybridized carbons (Fsp3) is 0.350. The van der Waals surface area contributed by atoms with Gasteiger partial charge in [-0.05, 0) is 42.7 Å². The van der Waals surface area contributed by atoms with Gasteiger partial charge >= 0.3 is 0 Å². The molecule has 1 N–H and O–H groups in total. The summed E-state index contributed by atoms with van der Waals surface area (Å²) in [7, 11) is 0. The Morgan fingerprint density at radius 1 is 1.21 bits per heavy atom. The number of nitrogens with one attached hydrogen (secondary N) is 1. The zero-order valence-electron chi connectivity index (χ0n) is 16.1. The van der Waals surface area contributed by atoms with E-state index in [0.717, 1.165) is 12.1 Å². The highest BCUT2D eigenvalue weighted by Crippen LogP contribution is 2.25. The Bertz CT molecular complexity index is 907. The van der Waals surface area contributed by atoms with Gasteiger partial charge in [-0.25, -0.2) is 4.39 Å². The van der Waals surface area contributed by atoms with E-state index in [1.807, 2.05) is 17.6 Å². The van der Waals surface area contributed by atoms with E-state index in [4.69, 9.17) is 4.42 Å². The highest BCUT2D eigenvalue weighted by Gasteiger charge is 2.18. The van der Waals surface area contributed by atoms with Crippen LogP contribution in [0.15, 0.2) is 52.2 Å². The highest BCUT2D eigenvalue weighted by molar-refractivity contribution is 7.99. The summed E-state index contributed by atoms with van der Waals surface area (Å²) in [4.78, 5) is 12.4. The average Bonchev–Trinajstić information content (AvgIpc) is 3.30. The summed E-state index contributed by atoms with van der Waals surface area (Å²) in [5.41, 5.74) is 0.850. The molecule has 2 aromatic heterocycles. The first-order chi connectivity index (χ1) is 13.4. The lowest BCUT2D eigenvalue weighted by Crippen LogP contribution is -2.28. The molecule has 1 atom stereocenters. The number of nitrogens with zero attached hydrogens (tertiary/aromatic N) is 3. The lowest BCUT2D eigenvalue weighted by atomic mass is 10.1. The van der Waals surface area contributed by atoms with Gasteiger partial charge in [0.05, 0.1) is 18.1 Å². The van der Waals surface area contributed by atoms with E-state index in [2.05, 4.69) is 29.4 Å². The normalized spacial score (nSPS) is 12.3. The van der Waals surface area contributed by atoms with Gasteiger partial charge in [0.15, 0.2) is 16.7 Å². The molecule has 0 saturated carbocycles. The number of aromatic nitrogens is 3. The van der Waals surface area contributed by atoms with E-state index < -0.39 is 0 Å². The molecule has 3 rings (SSSR count). The minimum absolute atomic E-state index is 0.125. The number of furan rings is 1. The second-order valence-electron chi connectivity index (χ2n) is 6.92. The fourth-order valence-electron chi connectivity index (χ4n) is 2.76. The number of carbonyl (C=O) groups is 1. The summed E-state index contributed by atoms with van der Waals surface area (Å²) >= 11 is 1.33. The molecular weight excluding hydrogens is 379 g/mol. The third-order valence-corrected chi connectivity index (χ3v) is 5.05. The highest BCUT2D eigenvalue weighted by atomic mass is 32.2. The molecular formula is C20H23FN4O2S. The first kappa shape index (κ1) is 20.1. The van der Waals surface area contributed by atoms with Gasteiger partial charge in [0.25, 0.3) is 0 Å². The molecule has 148 valence electrons. The van der Waals surface area contributed by atoms with Gasteiger partial charge in [-0.15, -0.1) is 10.2 Å². The number of amides is 1. The zero-order chi connectivity index (χ0) is 20.1. The Morgan fingerprint density at radius 2 is 1.96 bits per heavy atom. The number of rotatable bonds is 8. The summed E-state index contributed by atoms with van der Waals surface area (Å²) in [5.74, 6) is 1.47. The van der Waals surface area contributed by atoms with E-state index in [1.54, 1.807) is 24.5 Å². The van der Waals surface area contributed by atoms with Crippen molar-refractivity contribution in [3.8, 4) is 11.6 Å². The van der Waals surface area contributed by atoms with Crippen molar-refractivity contribution in [2.24, 2.45) is 5.92 Å². The van der Waals surface area contributed by atoms with Crippen LogP contribution in [0.3, 0.4) is 0 Å². The van der Waals surface area contributed by atoms with Gasteiger partial charge in [-0.3, -0.25) is 9.36 Å². The molecule has 0 fully saturated rings. The zero-order valence-corrected chi connectivity index (χ0v) is 16.9. The Labute approximate surface area is 167 Å². The van der Waals surface area contributed by atoms with Crippen LogP contribution in [0.4, 0.5) is 4.39 Å². The van der Waals surface area contributed by atoms with Crippen LogP contribution in [0, 0.1) is 11.7 Å². The SMILES string of the molecule is CC(C)Cn1c(SCC(=O)NC(C)c2ccc(F)cc2)nnc1-c1ccco1. The summed E-state index contributed by atoms with van der Waals surface area (Å²) in [5, 5.41) is 12.1. The van der Waals surface area contributed by atoms with Gasteiger partial charge in [-0.2, -0.15) is 0 Å². The second kappa shape index (κ2) is 9.05. The van der Waals surface area contributed by atoms with Gasteiger partial charge in [0.2, 0.25) is 5.91 Å². The van der Waals surface area contributed by atoms with Crippen molar-refractivity contribution in [2.75, 3.05) is 5.75 Å². The van der Waals surface area contributed by atoms with Crippen LogP contribution in [0.5, 0.6) is 0 Å². The molecule has 2 heterocycles. The monoisotopic (exact) mass is 402 g/mol. The summed E-state index contributed by atoms with van der Waals surface area (Å²) in [6.45, 7) is 6.81. The number of thioether (sulfide) groups is 1. The van der Waals surface area contributed by atoms with Crippen LogP contribution < -0.4 is 5.32 Å². The molecule has 28 heavy (non-hydrogen) atoms. The van der Waals surface area contributed by atoms with Gasteiger partial charge in [-0.1, -0.05) is 37.7 Å². The molecule has 0 radical (unpaired) electrons. The molecule has 3 aromatic rings. The minimum Gasteiger partial charge on any atom is -0.461 e. The summed E-state index contributed by atoms with van der Waals surface area (Å²) < 4.78 is 20.5. The van der Waals surface area contributed by atoms with Crippen molar-refractivity contribution in [1.29, 1.82) is 0 Å². The Balaban J connectivity index is 1.65. The maximum Gasteiger partial charge on any atom is 0.230 e. The number of carbonyl (C=O) groups excluding carboxylic acids is 1. The van der Waals surface area contributed by atoms with Crippen molar-refractivity contribution in [2.45, 2.75) is 38.5 Å². The summed E-state index contributed by atoms with van der Waals surface area (Å²) in [6, 6.07) is 9.55. The van der Waals surface area contributed by atoms with E-state index >= 15 is 0 Å². The molecule has 0 saturated heterocycles. The van der Waals surface area contributed by atoms with Crippen LogP contribution in [-0.2, 0) is 11.3 Å². The Kier molecular flexibility index (Phi) is 6.51. The summed E-state index contributed by atoms with van der Waals surface area (Å²) in [6.07, 6.45) is 1.60. The number of halogens is 1. The quantitative estimate of drug-likeness (QED) is 0.569. The molecule has 1 unspecified atom stereocenters. The standard InChI is InChI=1S/C20H23FN4O2S/c1-13(2)11-25-19(17-5-4-10-27-17)23-24-20(25)28-12-18(26)22-14(3)15-6-8-16(21)9-7-15/h4-10,13-14H,11-12H2,1-3H3,(H,22,26). The molecule has 1 amide bonds. The van der Waals surface area contributed by atoms with Gasteiger partial charge in [0, 0.05) is 6.54 Å². The molecule has 6 nitrogen and oxygen atoms in total. The first-order valence-corrected chi connectivity index (χ1v) is 10.1. The predicted molar refractivity (Wildman–Crippen MR) is 106 cm³/mol. The third-order valence-electron chi connectivity index (χ3n) is 4.09. The topological polar surface area (TPSA) is 73.0 Å². The largest absolute Gasteiger partial charge is 0.461 e. The molecule has 0 bridgehead atoms. The molecule has 0 aliphatic carbocycles. The molecule has 0 spiro atoms. The molecule has 0 aliphatic heterocycles. The maximum absolute atomic E-state index is 13.0. The fourth-order valence-corrected chi connectivity index (χ4v) is 3.52. The third kappa shape index (κ3) is 5.01. The molecule has 0 aliphatic rings. The van der Waals surface area contributed by atoms with Crippen molar-refractivity contribution < 1.29 is 13.6 Å². The Hall–Kier alpha value is -2.61. The van der Waals surface area contributed by atoms with E-state index in [1.165, 1.54) is 23.9 Å². The van der Waals surface area contributed by atoms with E-state index in [0.29, 0.717) is 22.7 Å². The molecule has 1 aromatic carbocycles. The van der Waals surface area contributed by atoms with Gasteiger partial charge < -0.3 is 9.73 Å². The smallest absolute Gasteiger partial charge is 0.230 e. The predicted octanol–water partition coefficient (Wildman–Crippen LogP) is 4.30. The number of hydrogen-bond donors (Lipinski definition) is 1. The number of benzene rings is 1. The van der Waals surface area contributed by atoms with Crippen LogP contribution >= 0.6 is 11.8 Å². The van der Waals surface area contributed by atoms with E-state index in [-0.39, 0.29) is 23.5 Å². The van der Waals surface area contributed by atoms with Crippen molar-refractivity contribution >= 4 is 17.7 Å². The second-order valence-corrected chi connectivity index (χ2v) is 7.86. The Morgan fingerprint density at radius 3 is 2.61 bits per heavy atom. The average molecular weight is 402 g/mol. The van der Waals surface area contributed by atoms with Crippen LogP contribution in [0.2, 0.25) is 0 Å². The minimum atomic E-state index is -0.297.